The Balaban J connectivity index is 1.23. The number of nitrogens with one attached hydrogen (secondary N) is 1. The van der Waals surface area contributed by atoms with Crippen LogP contribution in [-0.2, 0) is 11.2 Å². The molecule has 1 aliphatic heterocycles. The van der Waals surface area contributed by atoms with Gasteiger partial charge in [-0.25, -0.2) is 4.98 Å². The van der Waals surface area contributed by atoms with Gasteiger partial charge in [0.15, 0.2) is 5.13 Å². The Labute approximate surface area is 189 Å². The topological polar surface area (TPSA) is 54.5 Å². The zero-order valence-electron chi connectivity index (χ0n) is 17.1. The van der Waals surface area contributed by atoms with Crippen molar-refractivity contribution in [2.75, 3.05) is 31.1 Å². The van der Waals surface area contributed by atoms with Crippen LogP contribution in [0.5, 0.6) is 5.75 Å². The minimum atomic E-state index is 0.0881. The molecule has 158 valence electrons. The number of anilines is 1. The van der Waals surface area contributed by atoms with Crippen molar-refractivity contribution in [3.8, 4) is 5.75 Å². The lowest BCUT2D eigenvalue weighted by atomic mass is 9.96. The average Bonchev–Trinajstić information content (AvgIpc) is 3.18. The Hall–Kier alpha value is -2.12. The number of thiazole rings is 1. The summed E-state index contributed by atoms with van der Waals surface area (Å²) < 4.78 is 7.73. The van der Waals surface area contributed by atoms with Gasteiger partial charge in [-0.05, 0) is 62.1 Å². The molecule has 0 aliphatic carbocycles. The van der Waals surface area contributed by atoms with Crippen molar-refractivity contribution in [1.29, 1.82) is 0 Å². The van der Waals surface area contributed by atoms with E-state index in [2.05, 4.69) is 44.3 Å². The van der Waals surface area contributed by atoms with Crippen molar-refractivity contribution in [2.24, 2.45) is 5.92 Å². The summed E-state index contributed by atoms with van der Waals surface area (Å²) in [5.74, 6) is 1.15. The fourth-order valence-corrected chi connectivity index (χ4v) is 5.32. The van der Waals surface area contributed by atoms with Gasteiger partial charge >= 0.3 is 0 Å². The summed E-state index contributed by atoms with van der Waals surface area (Å²) in [6.45, 7) is 5.06. The smallest absolute Gasteiger partial charge is 0.223 e. The molecular formula is C23H26BrN3O2S. The Morgan fingerprint density at radius 2 is 2.00 bits per heavy atom. The maximum absolute atomic E-state index is 12.6. The summed E-state index contributed by atoms with van der Waals surface area (Å²) in [4.78, 5) is 19.7. The molecule has 1 N–H and O–H groups in total. The maximum Gasteiger partial charge on any atom is 0.223 e. The predicted molar refractivity (Wildman–Crippen MR) is 127 cm³/mol. The summed E-state index contributed by atoms with van der Waals surface area (Å²) in [6, 6.07) is 14.3. The molecule has 3 aromatic rings. The Kier molecular flexibility index (Phi) is 6.89. The van der Waals surface area contributed by atoms with Gasteiger partial charge in [-0.15, -0.1) is 0 Å². The first-order valence-electron chi connectivity index (χ1n) is 10.4. The summed E-state index contributed by atoms with van der Waals surface area (Å²) >= 11 is 5.24. The normalized spacial score (nSPS) is 14.8. The lowest BCUT2D eigenvalue weighted by Gasteiger charge is -2.31. The van der Waals surface area contributed by atoms with E-state index in [-0.39, 0.29) is 11.8 Å². The van der Waals surface area contributed by atoms with E-state index in [4.69, 9.17) is 9.72 Å². The maximum atomic E-state index is 12.6. The molecule has 7 heteroatoms. The quantitative estimate of drug-likeness (QED) is 0.507. The van der Waals surface area contributed by atoms with Crippen LogP contribution in [0.2, 0.25) is 0 Å². The molecule has 1 aliphatic rings. The second kappa shape index (κ2) is 9.79. The number of carbonyl (C=O) groups is 1. The summed E-state index contributed by atoms with van der Waals surface area (Å²) in [6.07, 6.45) is 2.57. The van der Waals surface area contributed by atoms with Crippen LogP contribution in [0.15, 0.2) is 46.9 Å². The van der Waals surface area contributed by atoms with E-state index in [1.54, 1.807) is 11.3 Å². The minimum Gasteiger partial charge on any atom is -0.494 e. The average molecular weight is 488 g/mol. The summed E-state index contributed by atoms with van der Waals surface area (Å²) in [5, 5.41) is 4.17. The van der Waals surface area contributed by atoms with Gasteiger partial charge in [0, 0.05) is 30.0 Å². The molecule has 0 bridgehead atoms. The van der Waals surface area contributed by atoms with Gasteiger partial charge in [-0.3, -0.25) is 4.79 Å². The molecule has 2 aromatic carbocycles. The van der Waals surface area contributed by atoms with E-state index < -0.39 is 0 Å². The minimum absolute atomic E-state index is 0.0881. The predicted octanol–water partition coefficient (Wildman–Crippen LogP) is 5.03. The van der Waals surface area contributed by atoms with Crippen LogP contribution in [0, 0.1) is 5.92 Å². The number of benzene rings is 2. The third-order valence-electron chi connectivity index (χ3n) is 5.42. The number of nitrogens with zero attached hydrogens (tertiary/aromatic N) is 2. The Morgan fingerprint density at radius 1 is 1.23 bits per heavy atom. The fraction of sp³-hybridized carbons (Fsp3) is 0.391. The van der Waals surface area contributed by atoms with E-state index in [9.17, 15) is 4.79 Å². The number of hydrogen-bond acceptors (Lipinski definition) is 5. The van der Waals surface area contributed by atoms with E-state index in [0.29, 0.717) is 13.2 Å². The molecule has 1 fully saturated rings. The van der Waals surface area contributed by atoms with Gasteiger partial charge in [-0.2, -0.15) is 0 Å². The lowest BCUT2D eigenvalue weighted by molar-refractivity contribution is -0.125. The van der Waals surface area contributed by atoms with E-state index >= 15 is 0 Å². The van der Waals surface area contributed by atoms with Gasteiger partial charge in [0.1, 0.15) is 5.75 Å². The third kappa shape index (κ3) is 5.13. The van der Waals surface area contributed by atoms with E-state index in [0.717, 1.165) is 53.2 Å². The SMILES string of the molecule is CCOc1ccc(CCNC(=O)C2CCN(c3nc4ccc(Br)cc4s3)CC2)cc1. The van der Waals surface area contributed by atoms with E-state index in [1.807, 2.05) is 31.2 Å². The van der Waals surface area contributed by atoms with Crippen molar-refractivity contribution >= 4 is 48.5 Å². The van der Waals surface area contributed by atoms with E-state index in [1.165, 1.54) is 10.3 Å². The second-order valence-electron chi connectivity index (χ2n) is 7.49. The number of halogens is 1. The molecule has 1 aromatic heterocycles. The van der Waals surface area contributed by atoms with Gasteiger partial charge in [0.05, 0.1) is 16.8 Å². The molecule has 30 heavy (non-hydrogen) atoms. The lowest BCUT2D eigenvalue weighted by Crippen LogP contribution is -2.41. The monoisotopic (exact) mass is 487 g/mol. The first kappa shape index (κ1) is 21.1. The van der Waals surface area contributed by atoms with Crippen LogP contribution in [0.4, 0.5) is 5.13 Å². The number of fused-ring (bicyclic) bond motifs is 1. The molecule has 1 saturated heterocycles. The molecule has 0 unspecified atom stereocenters. The van der Waals surface area contributed by atoms with Crippen LogP contribution in [0.3, 0.4) is 0 Å². The van der Waals surface area contributed by atoms with Crippen molar-refractivity contribution in [1.82, 2.24) is 10.3 Å². The van der Waals surface area contributed by atoms with Crippen LogP contribution >= 0.6 is 27.3 Å². The third-order valence-corrected chi connectivity index (χ3v) is 6.99. The number of piperidine rings is 1. The van der Waals surface area contributed by atoms with Crippen LogP contribution in [-0.4, -0.2) is 37.1 Å². The number of rotatable bonds is 7. The highest BCUT2D eigenvalue weighted by atomic mass is 79.9. The molecule has 0 spiro atoms. The number of aromatic nitrogens is 1. The van der Waals surface area contributed by atoms with Crippen molar-refractivity contribution in [2.45, 2.75) is 26.2 Å². The highest BCUT2D eigenvalue weighted by Gasteiger charge is 2.26. The summed E-state index contributed by atoms with van der Waals surface area (Å²) in [7, 11) is 0. The van der Waals surface area contributed by atoms with Gasteiger partial charge in [0.2, 0.25) is 5.91 Å². The molecular weight excluding hydrogens is 462 g/mol. The van der Waals surface area contributed by atoms with Crippen molar-refractivity contribution in [3.05, 3.63) is 52.5 Å². The highest BCUT2D eigenvalue weighted by molar-refractivity contribution is 9.10. The fourth-order valence-electron chi connectivity index (χ4n) is 3.75. The van der Waals surface area contributed by atoms with Gasteiger partial charge < -0.3 is 15.0 Å². The standard InChI is InChI=1S/C23H26BrN3O2S/c1-2-29-19-6-3-16(4-7-19)9-12-25-22(28)17-10-13-27(14-11-17)23-26-20-8-5-18(24)15-21(20)30-23/h3-8,15,17H,2,9-14H2,1H3,(H,25,28). The Morgan fingerprint density at radius 3 is 2.73 bits per heavy atom. The first-order chi connectivity index (χ1) is 14.6. The molecule has 2 heterocycles. The number of hydrogen-bond donors (Lipinski definition) is 1. The van der Waals surface area contributed by atoms with Crippen LogP contribution in [0.1, 0.15) is 25.3 Å². The molecule has 0 atom stereocenters. The van der Waals surface area contributed by atoms with Crippen molar-refractivity contribution < 1.29 is 9.53 Å². The van der Waals surface area contributed by atoms with Crippen LogP contribution < -0.4 is 15.0 Å². The largest absolute Gasteiger partial charge is 0.494 e. The second-order valence-corrected chi connectivity index (χ2v) is 9.41. The molecule has 4 rings (SSSR count). The zero-order chi connectivity index (χ0) is 20.9. The number of ether oxygens (including phenoxy) is 1. The first-order valence-corrected chi connectivity index (χ1v) is 12.0. The van der Waals surface area contributed by atoms with Gasteiger partial charge in [0.25, 0.3) is 0 Å². The highest BCUT2D eigenvalue weighted by Crippen LogP contribution is 2.33. The summed E-state index contributed by atoms with van der Waals surface area (Å²) in [5.41, 5.74) is 2.24. The zero-order valence-corrected chi connectivity index (χ0v) is 19.5. The van der Waals surface area contributed by atoms with Crippen LogP contribution in [0.25, 0.3) is 10.2 Å². The molecule has 5 nitrogen and oxygen atoms in total. The van der Waals surface area contributed by atoms with Crippen molar-refractivity contribution in [3.63, 3.8) is 0 Å². The molecule has 0 radical (unpaired) electrons. The molecule has 1 amide bonds. The van der Waals surface area contributed by atoms with Gasteiger partial charge in [-0.1, -0.05) is 39.4 Å². The molecule has 0 saturated carbocycles. The number of carbonyl (C=O) groups excluding carboxylic acids is 1. The Bertz CT molecular complexity index is 997. The number of amides is 1.